The van der Waals surface area contributed by atoms with Crippen LogP contribution in [0, 0.1) is 10.1 Å². The first-order chi connectivity index (χ1) is 9.16. The Morgan fingerprint density at radius 3 is 2.95 bits per heavy atom. The van der Waals surface area contributed by atoms with Crippen LogP contribution in [0.2, 0.25) is 0 Å². The molecule has 1 aliphatic carbocycles. The fraction of sp³-hybridized carbons (Fsp3) is 0.500. The quantitative estimate of drug-likeness (QED) is 0.642. The number of hydrogen-bond donors (Lipinski definition) is 1. The highest BCUT2D eigenvalue weighted by atomic mass is 16.6. The molecule has 1 N–H and O–H groups in total. The maximum Gasteiger partial charge on any atom is 0.406 e. The van der Waals surface area contributed by atoms with Crippen LogP contribution in [0.4, 0.5) is 5.82 Å². The van der Waals surface area contributed by atoms with Crippen LogP contribution in [0.3, 0.4) is 0 Å². The first-order valence-corrected chi connectivity index (χ1v) is 6.18. The number of carbonyl (C=O) groups excluding carboxylic acids is 1. The van der Waals surface area contributed by atoms with E-state index in [0.29, 0.717) is 0 Å². The molecular formula is C12H15N3O4. The number of rotatable bonds is 5. The lowest BCUT2D eigenvalue weighted by Gasteiger charge is -2.12. The topological polar surface area (TPSA) is 94.4 Å². The SMILES string of the molecule is O=C(COc1cccnc1[N+](=O)[O-])NC1CCCC1. The molecule has 1 aromatic heterocycles. The summed E-state index contributed by atoms with van der Waals surface area (Å²) in [5, 5.41) is 13.6. The number of ether oxygens (including phenoxy) is 1. The zero-order chi connectivity index (χ0) is 13.7. The molecule has 0 saturated heterocycles. The van der Waals surface area contributed by atoms with Crippen LogP contribution in [0.5, 0.6) is 5.75 Å². The van der Waals surface area contributed by atoms with Gasteiger partial charge >= 0.3 is 5.82 Å². The second-order valence-corrected chi connectivity index (χ2v) is 4.42. The molecule has 0 spiro atoms. The minimum atomic E-state index is -0.635. The summed E-state index contributed by atoms with van der Waals surface area (Å²) in [5.74, 6) is -0.629. The van der Waals surface area contributed by atoms with Gasteiger partial charge in [0, 0.05) is 6.04 Å². The maximum atomic E-state index is 11.6. The van der Waals surface area contributed by atoms with Crippen LogP contribution in [-0.2, 0) is 4.79 Å². The Morgan fingerprint density at radius 2 is 2.26 bits per heavy atom. The predicted molar refractivity (Wildman–Crippen MR) is 66.8 cm³/mol. The van der Waals surface area contributed by atoms with E-state index in [1.807, 2.05) is 0 Å². The maximum absolute atomic E-state index is 11.6. The molecule has 0 aliphatic heterocycles. The number of hydrogen-bond acceptors (Lipinski definition) is 5. The second-order valence-electron chi connectivity index (χ2n) is 4.42. The first-order valence-electron chi connectivity index (χ1n) is 6.18. The summed E-state index contributed by atoms with van der Waals surface area (Å²) in [4.78, 5) is 25.3. The van der Waals surface area contributed by atoms with Gasteiger partial charge in [0.25, 0.3) is 5.91 Å². The average molecular weight is 265 g/mol. The predicted octanol–water partition coefficient (Wildman–Crippen LogP) is 1.43. The molecule has 0 atom stereocenters. The average Bonchev–Trinajstić information content (AvgIpc) is 2.89. The van der Waals surface area contributed by atoms with Gasteiger partial charge < -0.3 is 20.2 Å². The van der Waals surface area contributed by atoms with E-state index in [2.05, 4.69) is 10.3 Å². The molecule has 2 rings (SSSR count). The molecule has 0 radical (unpaired) electrons. The molecule has 1 aliphatic rings. The number of aromatic nitrogens is 1. The summed E-state index contributed by atoms with van der Waals surface area (Å²) in [5.41, 5.74) is 0. The zero-order valence-corrected chi connectivity index (χ0v) is 10.4. The molecule has 1 heterocycles. The molecule has 0 unspecified atom stereocenters. The third-order valence-corrected chi connectivity index (χ3v) is 3.00. The van der Waals surface area contributed by atoms with E-state index < -0.39 is 4.92 Å². The Labute approximate surface area is 110 Å². The van der Waals surface area contributed by atoms with E-state index >= 15 is 0 Å². The van der Waals surface area contributed by atoms with Crippen molar-refractivity contribution >= 4 is 11.7 Å². The zero-order valence-electron chi connectivity index (χ0n) is 10.4. The summed E-state index contributed by atoms with van der Waals surface area (Å²) in [6.07, 6.45) is 5.53. The van der Waals surface area contributed by atoms with Crippen LogP contribution in [0.25, 0.3) is 0 Å². The normalized spacial score (nSPS) is 15.2. The molecule has 0 bridgehead atoms. The summed E-state index contributed by atoms with van der Waals surface area (Å²) in [6, 6.07) is 3.16. The molecule has 19 heavy (non-hydrogen) atoms. The lowest BCUT2D eigenvalue weighted by Crippen LogP contribution is -2.36. The highest BCUT2D eigenvalue weighted by Crippen LogP contribution is 2.22. The number of nitrogens with zero attached hydrogens (tertiary/aromatic N) is 2. The largest absolute Gasteiger partial charge is 0.476 e. The van der Waals surface area contributed by atoms with E-state index in [4.69, 9.17) is 4.74 Å². The van der Waals surface area contributed by atoms with Gasteiger partial charge in [-0.3, -0.25) is 4.79 Å². The highest BCUT2D eigenvalue weighted by Gasteiger charge is 2.19. The van der Waals surface area contributed by atoms with E-state index in [0.717, 1.165) is 25.7 Å². The van der Waals surface area contributed by atoms with E-state index in [9.17, 15) is 14.9 Å². The Bertz CT molecular complexity index is 472. The molecule has 1 fully saturated rings. The van der Waals surface area contributed by atoms with Gasteiger partial charge in [0.15, 0.2) is 6.61 Å². The summed E-state index contributed by atoms with van der Waals surface area (Å²) < 4.78 is 5.15. The lowest BCUT2D eigenvalue weighted by atomic mass is 10.2. The van der Waals surface area contributed by atoms with E-state index in [1.54, 1.807) is 0 Å². The van der Waals surface area contributed by atoms with Gasteiger partial charge in [0.05, 0.1) is 0 Å². The fourth-order valence-corrected chi connectivity index (χ4v) is 2.11. The fourth-order valence-electron chi connectivity index (χ4n) is 2.11. The van der Waals surface area contributed by atoms with Gasteiger partial charge in [0.1, 0.15) is 6.20 Å². The van der Waals surface area contributed by atoms with Gasteiger partial charge in [-0.2, -0.15) is 0 Å². The van der Waals surface area contributed by atoms with Gasteiger partial charge in [-0.15, -0.1) is 0 Å². The summed E-state index contributed by atoms with van der Waals surface area (Å²) >= 11 is 0. The lowest BCUT2D eigenvalue weighted by molar-refractivity contribution is -0.390. The number of carbonyl (C=O) groups is 1. The molecule has 7 nitrogen and oxygen atoms in total. The third-order valence-electron chi connectivity index (χ3n) is 3.00. The molecule has 7 heteroatoms. The Kier molecular flexibility index (Phi) is 4.27. The smallest absolute Gasteiger partial charge is 0.406 e. The van der Waals surface area contributed by atoms with Gasteiger partial charge in [-0.05, 0) is 34.9 Å². The molecule has 1 aromatic rings. The van der Waals surface area contributed by atoms with Crippen LogP contribution in [-0.4, -0.2) is 28.5 Å². The third kappa shape index (κ3) is 3.64. The molecule has 102 valence electrons. The number of nitrogens with one attached hydrogen (secondary N) is 1. The van der Waals surface area contributed by atoms with Crippen LogP contribution in [0.15, 0.2) is 18.3 Å². The van der Waals surface area contributed by atoms with Crippen molar-refractivity contribution in [3.63, 3.8) is 0 Å². The Morgan fingerprint density at radius 1 is 1.53 bits per heavy atom. The van der Waals surface area contributed by atoms with Crippen molar-refractivity contribution in [3.8, 4) is 5.75 Å². The first kappa shape index (κ1) is 13.3. The van der Waals surface area contributed by atoms with Gasteiger partial charge in [-0.1, -0.05) is 12.8 Å². The monoisotopic (exact) mass is 265 g/mol. The van der Waals surface area contributed by atoms with Crippen LogP contribution >= 0.6 is 0 Å². The van der Waals surface area contributed by atoms with Crippen LogP contribution in [0.1, 0.15) is 25.7 Å². The van der Waals surface area contributed by atoms with E-state index in [1.165, 1.54) is 18.3 Å². The summed E-state index contributed by atoms with van der Waals surface area (Å²) in [6.45, 7) is -0.233. The van der Waals surface area contributed by atoms with E-state index in [-0.39, 0.29) is 30.1 Å². The number of amides is 1. The highest BCUT2D eigenvalue weighted by molar-refractivity contribution is 5.78. The Balaban J connectivity index is 1.87. The summed E-state index contributed by atoms with van der Waals surface area (Å²) in [7, 11) is 0. The number of nitro groups is 1. The van der Waals surface area contributed by atoms with Gasteiger partial charge in [0.2, 0.25) is 5.75 Å². The van der Waals surface area contributed by atoms with Crippen molar-refractivity contribution in [1.82, 2.24) is 10.3 Å². The molecule has 1 saturated carbocycles. The van der Waals surface area contributed by atoms with Crippen molar-refractivity contribution in [2.45, 2.75) is 31.7 Å². The van der Waals surface area contributed by atoms with Crippen LogP contribution < -0.4 is 10.1 Å². The minimum Gasteiger partial charge on any atom is -0.476 e. The van der Waals surface area contributed by atoms with Crippen molar-refractivity contribution in [3.05, 3.63) is 28.4 Å². The van der Waals surface area contributed by atoms with Crippen molar-refractivity contribution in [2.24, 2.45) is 0 Å². The second kappa shape index (κ2) is 6.12. The Hall–Kier alpha value is -2.18. The molecular weight excluding hydrogens is 250 g/mol. The minimum absolute atomic E-state index is 0.00840. The number of pyridine rings is 1. The van der Waals surface area contributed by atoms with Crippen molar-refractivity contribution in [2.75, 3.05) is 6.61 Å². The standard InChI is InChI=1S/C12H15N3O4/c16-11(14-9-4-1-2-5-9)8-19-10-6-3-7-13-12(10)15(17)18/h3,6-7,9H,1-2,4-5,8H2,(H,14,16). The molecule has 0 aromatic carbocycles. The van der Waals surface area contributed by atoms with Crippen molar-refractivity contribution in [1.29, 1.82) is 0 Å². The van der Waals surface area contributed by atoms with Gasteiger partial charge in [-0.25, -0.2) is 0 Å². The van der Waals surface area contributed by atoms with Crippen molar-refractivity contribution < 1.29 is 14.5 Å². The molecule has 1 amide bonds.